The number of anilines is 2. The number of aliphatic hydroxyl groups is 1. The summed E-state index contributed by atoms with van der Waals surface area (Å²) in [7, 11) is 0. The number of ether oxygens (including phenoxy) is 1. The monoisotopic (exact) mass is 552 g/mol. The van der Waals surface area contributed by atoms with E-state index in [1.54, 1.807) is 25.3 Å². The summed E-state index contributed by atoms with van der Waals surface area (Å²) in [5, 5.41) is 26.6. The van der Waals surface area contributed by atoms with E-state index in [9.17, 15) is 19.1 Å². The van der Waals surface area contributed by atoms with Gasteiger partial charge in [0.15, 0.2) is 11.5 Å². The summed E-state index contributed by atoms with van der Waals surface area (Å²) in [4.78, 5) is 34.0. The Morgan fingerprint density at radius 3 is 2.64 bits per heavy atom. The van der Waals surface area contributed by atoms with Crippen molar-refractivity contribution in [2.24, 2.45) is 0 Å². The van der Waals surface area contributed by atoms with Crippen LogP contribution in [0.3, 0.4) is 0 Å². The third-order valence-corrected chi connectivity index (χ3v) is 5.45. The molecule has 1 unspecified atom stereocenters. The number of carbonyl (C=O) groups excluding carboxylic acids is 1. The molecular formula is C25H22ClFN8O4. The molecule has 1 aromatic carbocycles. The summed E-state index contributed by atoms with van der Waals surface area (Å²) < 4.78 is 20.2. The van der Waals surface area contributed by atoms with Crippen LogP contribution in [0.4, 0.5) is 16.0 Å². The van der Waals surface area contributed by atoms with E-state index in [1.807, 2.05) is 0 Å². The third kappa shape index (κ3) is 5.84. The summed E-state index contributed by atoms with van der Waals surface area (Å²) in [6.07, 6.45) is 4.28. The maximum Gasteiger partial charge on any atom is 0.284 e. The van der Waals surface area contributed by atoms with Crippen LogP contribution in [0.25, 0.3) is 16.7 Å². The number of pyridine rings is 2. The highest BCUT2D eigenvalue weighted by Crippen LogP contribution is 2.33. The molecule has 0 radical (unpaired) electrons. The van der Waals surface area contributed by atoms with Gasteiger partial charge in [-0.25, -0.2) is 14.4 Å². The predicted molar refractivity (Wildman–Crippen MR) is 143 cm³/mol. The molecule has 0 aliphatic carbocycles. The Morgan fingerprint density at radius 1 is 1.13 bits per heavy atom. The third-order valence-electron chi connectivity index (χ3n) is 5.45. The van der Waals surface area contributed by atoms with Crippen LogP contribution >= 0.6 is 12.4 Å². The summed E-state index contributed by atoms with van der Waals surface area (Å²) in [6, 6.07) is 11.0. The highest BCUT2D eigenvalue weighted by atomic mass is 35.5. The smallest absolute Gasteiger partial charge is 0.284 e. The minimum Gasteiger partial charge on any atom is -0.455 e. The zero-order valence-corrected chi connectivity index (χ0v) is 21.1. The van der Waals surface area contributed by atoms with E-state index in [2.05, 4.69) is 35.9 Å². The number of carbonyl (C=O) groups is 1. The number of H-pyrrole nitrogens is 1. The Balaban J connectivity index is 0.00000353. The van der Waals surface area contributed by atoms with Crippen molar-refractivity contribution < 1.29 is 19.0 Å². The maximum atomic E-state index is 13.2. The summed E-state index contributed by atoms with van der Waals surface area (Å²) in [6.45, 7) is 1.72. The largest absolute Gasteiger partial charge is 0.455 e. The number of hydrogen-bond donors (Lipinski definition) is 4. The number of aromatic nitrogens is 6. The molecule has 4 aromatic heterocycles. The normalized spacial score (nSPS) is 11.5. The summed E-state index contributed by atoms with van der Waals surface area (Å²) in [5.41, 5.74) is -0.0191. The molecular weight excluding hydrogens is 531 g/mol. The van der Waals surface area contributed by atoms with Gasteiger partial charge < -0.3 is 20.5 Å². The topological polar surface area (TPSA) is 160 Å². The molecule has 1 amide bonds. The van der Waals surface area contributed by atoms with Crippen LogP contribution in [0.2, 0.25) is 0 Å². The summed E-state index contributed by atoms with van der Waals surface area (Å²) >= 11 is 0. The number of nitrogens with zero attached hydrogens (tertiary/aromatic N) is 5. The number of aliphatic hydroxyl groups excluding tert-OH is 1. The van der Waals surface area contributed by atoms with Gasteiger partial charge in [0.05, 0.1) is 18.5 Å². The lowest BCUT2D eigenvalue weighted by molar-refractivity contribution is 0.102. The van der Waals surface area contributed by atoms with Gasteiger partial charge in [0.1, 0.15) is 34.1 Å². The van der Waals surface area contributed by atoms with Crippen LogP contribution in [0, 0.1) is 5.82 Å². The molecule has 4 heterocycles. The van der Waals surface area contributed by atoms with Crippen molar-refractivity contribution in [3.05, 3.63) is 88.9 Å². The first-order valence-corrected chi connectivity index (χ1v) is 11.4. The second kappa shape index (κ2) is 11.7. The number of nitrogens with one attached hydrogen (secondary N) is 3. The Hall–Kier alpha value is -4.88. The first-order chi connectivity index (χ1) is 18.4. The van der Waals surface area contributed by atoms with Gasteiger partial charge in [-0.15, -0.1) is 12.4 Å². The fourth-order valence-electron chi connectivity index (χ4n) is 3.57. The molecule has 4 N–H and O–H groups in total. The van der Waals surface area contributed by atoms with Crippen LogP contribution in [-0.4, -0.2) is 53.6 Å². The van der Waals surface area contributed by atoms with Crippen molar-refractivity contribution >= 4 is 41.0 Å². The number of benzene rings is 1. The molecule has 39 heavy (non-hydrogen) atoms. The number of fused-ring (bicyclic) bond motifs is 1. The van der Waals surface area contributed by atoms with Gasteiger partial charge in [-0.3, -0.25) is 14.7 Å². The fourth-order valence-corrected chi connectivity index (χ4v) is 3.57. The van der Waals surface area contributed by atoms with Gasteiger partial charge in [-0.1, -0.05) is 0 Å². The van der Waals surface area contributed by atoms with Crippen molar-refractivity contribution in [1.29, 1.82) is 0 Å². The molecule has 0 bridgehead atoms. The molecule has 5 rings (SSSR count). The number of amides is 1. The van der Waals surface area contributed by atoms with E-state index in [4.69, 9.17) is 4.74 Å². The van der Waals surface area contributed by atoms with Crippen LogP contribution in [0.1, 0.15) is 17.3 Å². The fraction of sp³-hybridized carbons (Fsp3) is 0.120. The standard InChI is InChI=1S/C25H21FN8O4.ClH/c1-14(13-35)30-23-21-19(9-10-27-22(21)32-33-23)38-17-6-7-20(28-12-17)31-24(36)18-8-11-29-34(25(18)37)16-4-2-15(26)3-5-16;/h2-12,14,35H,13H2,1H3,(H,28,31,36)(H2,27,30,32,33);1H. The molecule has 5 aromatic rings. The van der Waals surface area contributed by atoms with Crippen molar-refractivity contribution in [1.82, 2.24) is 29.9 Å². The van der Waals surface area contributed by atoms with Crippen molar-refractivity contribution in [2.75, 3.05) is 17.2 Å². The lowest BCUT2D eigenvalue weighted by atomic mass is 10.2. The molecule has 0 aliphatic rings. The first-order valence-electron chi connectivity index (χ1n) is 11.4. The lowest BCUT2D eigenvalue weighted by Gasteiger charge is -2.12. The average Bonchev–Trinajstić information content (AvgIpc) is 3.34. The number of hydrogen-bond acceptors (Lipinski definition) is 9. The van der Waals surface area contributed by atoms with Crippen molar-refractivity contribution in [3.8, 4) is 17.2 Å². The number of aromatic amines is 1. The minimum absolute atomic E-state index is 0. The molecule has 0 saturated carbocycles. The van der Waals surface area contributed by atoms with Gasteiger partial charge in [0, 0.05) is 24.5 Å². The van der Waals surface area contributed by atoms with Crippen molar-refractivity contribution in [3.63, 3.8) is 0 Å². The van der Waals surface area contributed by atoms with Gasteiger partial charge in [-0.05, 0) is 49.4 Å². The quantitative estimate of drug-likeness (QED) is 0.226. The molecule has 1 atom stereocenters. The second-order valence-electron chi connectivity index (χ2n) is 8.21. The lowest BCUT2D eigenvalue weighted by Crippen LogP contribution is -2.29. The minimum atomic E-state index is -0.683. The van der Waals surface area contributed by atoms with Gasteiger partial charge in [0.2, 0.25) is 0 Å². The van der Waals surface area contributed by atoms with Crippen LogP contribution < -0.4 is 20.9 Å². The van der Waals surface area contributed by atoms with Gasteiger partial charge >= 0.3 is 0 Å². The zero-order chi connectivity index (χ0) is 26.6. The van der Waals surface area contributed by atoms with E-state index < -0.39 is 17.3 Å². The predicted octanol–water partition coefficient (Wildman–Crippen LogP) is 3.30. The molecule has 200 valence electrons. The maximum absolute atomic E-state index is 13.2. The van der Waals surface area contributed by atoms with E-state index >= 15 is 0 Å². The second-order valence-corrected chi connectivity index (χ2v) is 8.21. The first kappa shape index (κ1) is 27.2. The molecule has 0 aliphatic heterocycles. The molecule has 0 fully saturated rings. The zero-order valence-electron chi connectivity index (χ0n) is 20.3. The Morgan fingerprint density at radius 2 is 1.92 bits per heavy atom. The van der Waals surface area contributed by atoms with Crippen LogP contribution in [0.5, 0.6) is 11.5 Å². The van der Waals surface area contributed by atoms with Gasteiger partial charge in [0.25, 0.3) is 11.5 Å². The van der Waals surface area contributed by atoms with Crippen LogP contribution in [-0.2, 0) is 0 Å². The number of rotatable bonds is 8. The highest BCUT2D eigenvalue weighted by Gasteiger charge is 2.17. The van der Waals surface area contributed by atoms with Gasteiger partial charge in [-0.2, -0.15) is 14.9 Å². The van der Waals surface area contributed by atoms with Crippen LogP contribution in [0.15, 0.2) is 71.9 Å². The van der Waals surface area contributed by atoms with E-state index in [1.165, 1.54) is 48.8 Å². The average molecular weight is 553 g/mol. The molecule has 0 spiro atoms. The Bertz CT molecular complexity index is 1660. The SMILES string of the molecule is CC(CO)Nc1n[nH]c2nccc(Oc3ccc(NC(=O)c4ccnn(-c5ccc(F)cc5)c4=O)nc3)c12.Cl. The molecule has 12 nitrogen and oxygen atoms in total. The molecule has 0 saturated heterocycles. The highest BCUT2D eigenvalue weighted by molar-refractivity contribution is 6.03. The van der Waals surface area contributed by atoms with E-state index in [-0.39, 0.29) is 36.4 Å². The van der Waals surface area contributed by atoms with Crippen molar-refractivity contribution in [2.45, 2.75) is 13.0 Å². The summed E-state index contributed by atoms with van der Waals surface area (Å²) in [5.74, 6) is 0.353. The van der Waals surface area contributed by atoms with E-state index in [0.717, 1.165) is 4.68 Å². The molecule has 14 heteroatoms. The Labute approximate surface area is 226 Å². The number of halogens is 2. The Kier molecular flexibility index (Phi) is 8.13. The van der Waals surface area contributed by atoms with E-state index in [0.29, 0.717) is 34.0 Å².